The minimum Gasteiger partial charge on any atom is -0.444 e. The van der Waals surface area contributed by atoms with E-state index in [0.29, 0.717) is 12.6 Å². The summed E-state index contributed by atoms with van der Waals surface area (Å²) in [6.07, 6.45) is 9.07. The molecule has 2 aliphatic heterocycles. The van der Waals surface area contributed by atoms with Crippen molar-refractivity contribution in [2.75, 3.05) is 36.8 Å². The molecule has 2 atom stereocenters. The van der Waals surface area contributed by atoms with Crippen molar-refractivity contribution in [2.24, 2.45) is 0 Å². The van der Waals surface area contributed by atoms with E-state index in [9.17, 15) is 4.79 Å². The lowest BCUT2D eigenvalue weighted by Crippen LogP contribution is -2.36. The van der Waals surface area contributed by atoms with Gasteiger partial charge in [0.2, 0.25) is 0 Å². The number of carbonyl (C=O) groups is 1. The van der Waals surface area contributed by atoms with E-state index in [-0.39, 0.29) is 12.1 Å². The molecule has 2 aromatic heterocycles. The topological polar surface area (TPSA) is 91.4 Å². The summed E-state index contributed by atoms with van der Waals surface area (Å²) in [7, 11) is 0. The fourth-order valence-corrected chi connectivity index (χ4v) is 3.52. The van der Waals surface area contributed by atoms with Gasteiger partial charge in [-0.1, -0.05) is 0 Å². The van der Waals surface area contributed by atoms with Crippen molar-refractivity contribution in [3.8, 4) is 0 Å². The Bertz CT molecular complexity index is 791. The van der Waals surface area contributed by atoms with Crippen molar-refractivity contribution in [2.45, 2.75) is 51.3 Å². The number of rotatable bonds is 4. The van der Waals surface area contributed by atoms with Crippen LogP contribution in [-0.2, 0) is 4.74 Å². The average molecular weight is 427 g/mol. The first-order valence-corrected chi connectivity index (χ1v) is 10.9. The number of likely N-dealkylation sites (tertiary alicyclic amines) is 1. The van der Waals surface area contributed by atoms with Crippen molar-refractivity contribution < 1.29 is 9.53 Å². The van der Waals surface area contributed by atoms with Crippen molar-refractivity contribution >= 4 is 17.5 Å². The van der Waals surface area contributed by atoms with Gasteiger partial charge in [0.1, 0.15) is 5.60 Å². The maximum Gasteiger partial charge on any atom is 0.410 e. The number of pyridine rings is 2. The molecular weight excluding hydrogens is 392 g/mol. The molecule has 31 heavy (non-hydrogen) atoms. The number of nitrogens with zero attached hydrogens (tertiary/aromatic N) is 3. The smallest absolute Gasteiger partial charge is 0.410 e. The maximum atomic E-state index is 11.9. The molecule has 0 bridgehead atoms. The Morgan fingerprint density at radius 2 is 1.71 bits per heavy atom. The van der Waals surface area contributed by atoms with Gasteiger partial charge in [0.15, 0.2) is 0 Å². The summed E-state index contributed by atoms with van der Waals surface area (Å²) in [5.41, 5.74) is 1.66. The van der Waals surface area contributed by atoms with Crippen molar-refractivity contribution in [1.29, 1.82) is 0 Å². The Morgan fingerprint density at radius 3 is 2.23 bits per heavy atom. The Balaban J connectivity index is 0.000000194. The molecule has 2 fully saturated rings. The van der Waals surface area contributed by atoms with Gasteiger partial charge in [-0.25, -0.2) is 4.79 Å². The van der Waals surface area contributed by atoms with Crippen LogP contribution in [0.25, 0.3) is 0 Å². The van der Waals surface area contributed by atoms with E-state index in [1.165, 1.54) is 6.42 Å². The lowest BCUT2D eigenvalue weighted by molar-refractivity contribution is 0.0293. The van der Waals surface area contributed by atoms with Crippen LogP contribution in [0.1, 0.15) is 33.6 Å². The van der Waals surface area contributed by atoms with Gasteiger partial charge in [-0.2, -0.15) is 0 Å². The summed E-state index contributed by atoms with van der Waals surface area (Å²) in [5, 5.41) is 10.1. The highest BCUT2D eigenvalue weighted by Crippen LogP contribution is 2.18. The van der Waals surface area contributed by atoms with Crippen LogP contribution >= 0.6 is 0 Å². The summed E-state index contributed by atoms with van der Waals surface area (Å²) in [6.45, 7) is 9.23. The molecule has 3 N–H and O–H groups in total. The molecule has 2 aromatic rings. The normalized spacial score (nSPS) is 20.5. The highest BCUT2D eigenvalue weighted by molar-refractivity contribution is 5.68. The number of ether oxygens (including phenoxy) is 1. The molecule has 0 spiro atoms. The Morgan fingerprint density at radius 1 is 1.06 bits per heavy atom. The third-order valence-electron chi connectivity index (χ3n) is 4.96. The van der Waals surface area contributed by atoms with Gasteiger partial charge in [-0.15, -0.1) is 0 Å². The van der Waals surface area contributed by atoms with Crippen LogP contribution in [0.2, 0.25) is 0 Å². The maximum absolute atomic E-state index is 11.9. The fraction of sp³-hybridized carbons (Fsp3) is 0.522. The number of carbonyl (C=O) groups excluding carboxylic acids is 1. The third-order valence-corrected chi connectivity index (χ3v) is 4.96. The molecule has 0 radical (unpaired) electrons. The first kappa shape index (κ1) is 22.8. The van der Waals surface area contributed by atoms with E-state index < -0.39 is 5.60 Å². The van der Waals surface area contributed by atoms with Crippen molar-refractivity contribution in [1.82, 2.24) is 20.2 Å². The van der Waals surface area contributed by atoms with E-state index in [1.807, 2.05) is 51.2 Å². The third kappa shape index (κ3) is 8.05. The van der Waals surface area contributed by atoms with Gasteiger partial charge in [-0.05, 0) is 64.4 Å². The highest BCUT2D eigenvalue weighted by atomic mass is 16.6. The molecule has 4 rings (SSSR count). The van der Waals surface area contributed by atoms with Crippen LogP contribution in [0.5, 0.6) is 0 Å². The zero-order chi connectivity index (χ0) is 22.1. The van der Waals surface area contributed by atoms with Crippen molar-refractivity contribution in [3.63, 3.8) is 0 Å². The molecule has 4 heterocycles. The lowest BCUT2D eigenvalue weighted by Gasteiger charge is -2.24. The minimum absolute atomic E-state index is 0.233. The summed E-state index contributed by atoms with van der Waals surface area (Å²) in [6, 6.07) is 8.70. The second kappa shape index (κ2) is 10.9. The molecule has 2 aliphatic rings. The lowest BCUT2D eigenvalue weighted by atomic mass is 10.2. The monoisotopic (exact) mass is 426 g/mol. The number of anilines is 2. The van der Waals surface area contributed by atoms with Crippen molar-refractivity contribution in [3.05, 3.63) is 49.1 Å². The van der Waals surface area contributed by atoms with E-state index in [2.05, 4.69) is 25.9 Å². The van der Waals surface area contributed by atoms with Gasteiger partial charge >= 0.3 is 6.09 Å². The molecule has 0 aromatic carbocycles. The predicted octanol–water partition coefficient (Wildman–Crippen LogP) is 3.36. The zero-order valence-electron chi connectivity index (χ0n) is 18.7. The Kier molecular flexibility index (Phi) is 8.06. The number of aromatic nitrogens is 2. The zero-order valence-corrected chi connectivity index (χ0v) is 18.7. The largest absolute Gasteiger partial charge is 0.444 e. The second-order valence-electron chi connectivity index (χ2n) is 8.87. The number of nitrogens with one attached hydrogen (secondary N) is 3. The minimum atomic E-state index is -0.439. The highest BCUT2D eigenvalue weighted by Gasteiger charge is 2.29. The van der Waals surface area contributed by atoms with Crippen LogP contribution < -0.4 is 16.0 Å². The first-order valence-electron chi connectivity index (χ1n) is 10.9. The summed E-state index contributed by atoms with van der Waals surface area (Å²) in [5.74, 6) is 0. The summed E-state index contributed by atoms with van der Waals surface area (Å²) < 4.78 is 5.37. The number of hydrogen-bond acceptors (Lipinski definition) is 7. The van der Waals surface area contributed by atoms with Crippen LogP contribution in [0, 0.1) is 0 Å². The Hall–Kier alpha value is -2.87. The Labute approximate surface area is 184 Å². The molecule has 0 saturated carbocycles. The van der Waals surface area contributed by atoms with E-state index >= 15 is 0 Å². The summed E-state index contributed by atoms with van der Waals surface area (Å²) >= 11 is 0. The van der Waals surface area contributed by atoms with Gasteiger partial charge in [0.25, 0.3) is 0 Å². The number of hydrogen-bond donors (Lipinski definition) is 3. The molecule has 168 valence electrons. The van der Waals surface area contributed by atoms with Crippen LogP contribution in [0.3, 0.4) is 0 Å². The number of amides is 1. The molecule has 0 aliphatic carbocycles. The van der Waals surface area contributed by atoms with Gasteiger partial charge in [0, 0.05) is 56.5 Å². The molecule has 8 nitrogen and oxygen atoms in total. The van der Waals surface area contributed by atoms with Gasteiger partial charge in [0.05, 0.1) is 11.4 Å². The van der Waals surface area contributed by atoms with Gasteiger partial charge < -0.3 is 25.6 Å². The second-order valence-corrected chi connectivity index (χ2v) is 8.87. The molecule has 8 heteroatoms. The fourth-order valence-electron chi connectivity index (χ4n) is 3.52. The SMILES string of the molecule is CC(C)(C)OC(=O)N1CC[C@H](Nc2cccnc2)C1.c1cncc(N[C@H]2CCNC2)c1. The quantitative estimate of drug-likeness (QED) is 0.690. The molecular formula is C23H34N6O2. The van der Waals surface area contributed by atoms with Gasteiger partial charge in [-0.3, -0.25) is 9.97 Å². The molecule has 2 saturated heterocycles. The van der Waals surface area contributed by atoms with E-state index in [0.717, 1.165) is 37.4 Å². The van der Waals surface area contributed by atoms with Crippen LogP contribution in [0.4, 0.5) is 16.2 Å². The molecule has 0 unspecified atom stereocenters. The van der Waals surface area contributed by atoms with E-state index in [4.69, 9.17) is 4.74 Å². The first-order chi connectivity index (χ1) is 14.9. The standard InChI is InChI=1S/C14H21N3O2.C9H13N3/c1-14(2,3)19-13(18)17-8-6-12(10-17)16-11-5-4-7-15-9-11;1-2-8(6-10-4-1)12-9-3-5-11-7-9/h4-5,7,9,12,16H,6,8,10H2,1-3H3;1-2,4,6,9,11-12H,3,5,7H2/t12-;9-/m00/s1. The average Bonchev–Trinajstić information content (AvgIpc) is 3.41. The predicted molar refractivity (Wildman–Crippen MR) is 123 cm³/mol. The van der Waals surface area contributed by atoms with Crippen LogP contribution in [-0.4, -0.2) is 64.8 Å². The van der Waals surface area contributed by atoms with Crippen LogP contribution in [0.15, 0.2) is 49.1 Å². The molecule has 1 amide bonds. The summed E-state index contributed by atoms with van der Waals surface area (Å²) in [4.78, 5) is 21.8. The van der Waals surface area contributed by atoms with E-state index in [1.54, 1.807) is 23.5 Å².